The molecule has 0 saturated carbocycles. The van der Waals surface area contributed by atoms with Gasteiger partial charge < -0.3 is 0 Å². The van der Waals surface area contributed by atoms with Crippen LogP contribution in [0.5, 0.6) is 0 Å². The van der Waals surface area contributed by atoms with Crippen LogP contribution in [0.4, 0.5) is 0 Å². The van der Waals surface area contributed by atoms with Crippen LogP contribution in [0, 0.1) is 20.8 Å². The zero-order valence-electron chi connectivity index (χ0n) is 9.28. The van der Waals surface area contributed by atoms with Gasteiger partial charge in [-0.05, 0) is 38.0 Å². The minimum atomic E-state index is 0.934. The average Bonchev–Trinajstić information content (AvgIpc) is 2.23. The molecule has 2 rings (SSSR count). The van der Waals surface area contributed by atoms with Gasteiger partial charge in [0, 0.05) is 11.8 Å². The van der Waals surface area contributed by atoms with Crippen LogP contribution in [0.3, 0.4) is 0 Å². The molecular weight excluding hydrogens is 184 g/mol. The minimum absolute atomic E-state index is 0.934. The molecule has 0 radical (unpaired) electrons. The highest BCUT2D eigenvalue weighted by Gasteiger charge is 2.01. The fraction of sp³-hybridized carbons (Fsp3) is 0.231. The highest BCUT2D eigenvalue weighted by Crippen LogP contribution is 2.19. The molecule has 1 heterocycles. The second kappa shape index (κ2) is 3.81. The van der Waals surface area contributed by atoms with Gasteiger partial charge in [0.1, 0.15) is 0 Å². The van der Waals surface area contributed by atoms with E-state index in [1.54, 1.807) is 6.20 Å². The maximum atomic E-state index is 4.36. The van der Waals surface area contributed by atoms with E-state index in [1.165, 1.54) is 11.1 Å². The third-order valence-electron chi connectivity index (χ3n) is 2.58. The molecule has 2 aromatic rings. The predicted molar refractivity (Wildman–Crippen MR) is 61.7 cm³/mol. The number of aromatic nitrogens is 2. The first-order chi connectivity index (χ1) is 7.16. The van der Waals surface area contributed by atoms with Crippen LogP contribution in [0.2, 0.25) is 0 Å². The standard InChI is InChI=1S/C13H14N2/c1-9-4-5-12(6-10(9)2)13-8-14-11(3)7-15-13/h4-8H,1-3H3. The lowest BCUT2D eigenvalue weighted by Gasteiger charge is -2.04. The smallest absolute Gasteiger partial charge is 0.0885 e. The van der Waals surface area contributed by atoms with E-state index < -0.39 is 0 Å². The van der Waals surface area contributed by atoms with Gasteiger partial charge in [0.05, 0.1) is 17.6 Å². The van der Waals surface area contributed by atoms with E-state index in [2.05, 4.69) is 42.0 Å². The maximum Gasteiger partial charge on any atom is 0.0885 e. The number of nitrogens with zero attached hydrogens (tertiary/aromatic N) is 2. The number of aryl methyl sites for hydroxylation is 3. The fourth-order valence-corrected chi connectivity index (χ4v) is 1.44. The average molecular weight is 198 g/mol. The normalized spacial score (nSPS) is 10.3. The third kappa shape index (κ3) is 2.04. The molecule has 0 bridgehead atoms. The van der Waals surface area contributed by atoms with Crippen LogP contribution in [0.15, 0.2) is 30.6 Å². The zero-order valence-corrected chi connectivity index (χ0v) is 9.28. The summed E-state index contributed by atoms with van der Waals surface area (Å²) in [5, 5.41) is 0. The summed E-state index contributed by atoms with van der Waals surface area (Å²) in [5.41, 5.74) is 5.60. The molecule has 76 valence electrons. The Morgan fingerprint density at radius 3 is 2.27 bits per heavy atom. The van der Waals surface area contributed by atoms with Crippen molar-refractivity contribution < 1.29 is 0 Å². The molecule has 0 aliphatic heterocycles. The quantitative estimate of drug-likeness (QED) is 0.703. The van der Waals surface area contributed by atoms with Gasteiger partial charge in [-0.1, -0.05) is 12.1 Å². The first-order valence-corrected chi connectivity index (χ1v) is 5.03. The van der Waals surface area contributed by atoms with Crippen molar-refractivity contribution in [2.24, 2.45) is 0 Å². The summed E-state index contributed by atoms with van der Waals surface area (Å²) < 4.78 is 0. The summed E-state index contributed by atoms with van der Waals surface area (Å²) in [6.07, 6.45) is 3.62. The zero-order chi connectivity index (χ0) is 10.8. The summed E-state index contributed by atoms with van der Waals surface area (Å²) in [5.74, 6) is 0. The molecule has 0 unspecified atom stereocenters. The van der Waals surface area contributed by atoms with Crippen molar-refractivity contribution in [3.05, 3.63) is 47.4 Å². The minimum Gasteiger partial charge on any atom is -0.258 e. The maximum absolute atomic E-state index is 4.36. The van der Waals surface area contributed by atoms with E-state index in [-0.39, 0.29) is 0 Å². The van der Waals surface area contributed by atoms with Gasteiger partial charge in [0.15, 0.2) is 0 Å². The van der Waals surface area contributed by atoms with E-state index >= 15 is 0 Å². The summed E-state index contributed by atoms with van der Waals surface area (Å²) in [4.78, 5) is 8.60. The molecule has 0 amide bonds. The number of hydrogen-bond acceptors (Lipinski definition) is 2. The second-order valence-electron chi connectivity index (χ2n) is 3.84. The molecule has 0 N–H and O–H groups in total. The first kappa shape index (κ1) is 9.84. The molecule has 1 aromatic heterocycles. The molecular formula is C13H14N2. The Balaban J connectivity index is 2.45. The Hall–Kier alpha value is -1.70. The Morgan fingerprint density at radius 2 is 1.67 bits per heavy atom. The topological polar surface area (TPSA) is 25.8 Å². The van der Waals surface area contributed by atoms with Crippen LogP contribution in [-0.4, -0.2) is 9.97 Å². The van der Waals surface area contributed by atoms with Crippen molar-refractivity contribution in [2.75, 3.05) is 0 Å². The van der Waals surface area contributed by atoms with Gasteiger partial charge in [0.2, 0.25) is 0 Å². The van der Waals surface area contributed by atoms with Gasteiger partial charge in [-0.2, -0.15) is 0 Å². The fourth-order valence-electron chi connectivity index (χ4n) is 1.44. The van der Waals surface area contributed by atoms with Crippen molar-refractivity contribution in [3.63, 3.8) is 0 Å². The highest BCUT2D eigenvalue weighted by molar-refractivity contribution is 5.59. The number of rotatable bonds is 1. The van der Waals surface area contributed by atoms with Gasteiger partial charge in [-0.3, -0.25) is 9.97 Å². The number of hydrogen-bond donors (Lipinski definition) is 0. The Labute approximate surface area is 90.0 Å². The van der Waals surface area contributed by atoms with Crippen LogP contribution >= 0.6 is 0 Å². The van der Waals surface area contributed by atoms with Crippen molar-refractivity contribution in [3.8, 4) is 11.3 Å². The van der Waals surface area contributed by atoms with E-state index in [9.17, 15) is 0 Å². The first-order valence-electron chi connectivity index (χ1n) is 5.03. The monoisotopic (exact) mass is 198 g/mol. The van der Waals surface area contributed by atoms with Gasteiger partial charge in [0.25, 0.3) is 0 Å². The van der Waals surface area contributed by atoms with Gasteiger partial charge in [-0.15, -0.1) is 0 Å². The molecule has 0 aliphatic rings. The van der Waals surface area contributed by atoms with E-state index in [0.717, 1.165) is 17.0 Å². The highest BCUT2D eigenvalue weighted by atomic mass is 14.8. The van der Waals surface area contributed by atoms with E-state index in [1.807, 2.05) is 13.1 Å². The summed E-state index contributed by atoms with van der Waals surface area (Å²) >= 11 is 0. The molecule has 15 heavy (non-hydrogen) atoms. The lowest BCUT2D eigenvalue weighted by atomic mass is 10.0. The lowest BCUT2D eigenvalue weighted by Crippen LogP contribution is -1.89. The molecule has 2 heteroatoms. The van der Waals surface area contributed by atoms with Crippen LogP contribution in [0.1, 0.15) is 16.8 Å². The van der Waals surface area contributed by atoms with Crippen molar-refractivity contribution in [1.29, 1.82) is 0 Å². The molecule has 2 nitrogen and oxygen atoms in total. The SMILES string of the molecule is Cc1cnc(-c2ccc(C)c(C)c2)cn1. The largest absolute Gasteiger partial charge is 0.258 e. The summed E-state index contributed by atoms with van der Waals surface area (Å²) in [7, 11) is 0. The Bertz CT molecular complexity index is 472. The summed E-state index contributed by atoms with van der Waals surface area (Å²) in [6.45, 7) is 6.16. The summed E-state index contributed by atoms with van der Waals surface area (Å²) in [6, 6.07) is 6.35. The van der Waals surface area contributed by atoms with Crippen LogP contribution in [-0.2, 0) is 0 Å². The van der Waals surface area contributed by atoms with Crippen molar-refractivity contribution >= 4 is 0 Å². The molecule has 0 aliphatic carbocycles. The van der Waals surface area contributed by atoms with Gasteiger partial charge >= 0.3 is 0 Å². The van der Waals surface area contributed by atoms with Gasteiger partial charge in [-0.25, -0.2) is 0 Å². The predicted octanol–water partition coefficient (Wildman–Crippen LogP) is 3.07. The molecule has 0 saturated heterocycles. The molecule has 1 aromatic carbocycles. The number of benzene rings is 1. The van der Waals surface area contributed by atoms with E-state index in [0.29, 0.717) is 0 Å². The van der Waals surface area contributed by atoms with Crippen molar-refractivity contribution in [2.45, 2.75) is 20.8 Å². The molecule has 0 fully saturated rings. The molecule has 0 atom stereocenters. The Kier molecular flexibility index (Phi) is 2.50. The van der Waals surface area contributed by atoms with Crippen LogP contribution < -0.4 is 0 Å². The lowest BCUT2D eigenvalue weighted by molar-refractivity contribution is 1.12. The van der Waals surface area contributed by atoms with Crippen LogP contribution in [0.25, 0.3) is 11.3 Å². The van der Waals surface area contributed by atoms with E-state index in [4.69, 9.17) is 0 Å². The second-order valence-corrected chi connectivity index (χ2v) is 3.84. The van der Waals surface area contributed by atoms with Crippen molar-refractivity contribution in [1.82, 2.24) is 9.97 Å². The molecule has 0 spiro atoms. The Morgan fingerprint density at radius 1 is 0.867 bits per heavy atom. The third-order valence-corrected chi connectivity index (χ3v) is 2.58.